The molecule has 0 amide bonds. The minimum Gasteiger partial charge on any atom is -0.493 e. The summed E-state index contributed by atoms with van der Waals surface area (Å²) in [6.07, 6.45) is 1.68. The average molecular weight is 296 g/mol. The summed E-state index contributed by atoms with van der Waals surface area (Å²) in [5, 5.41) is 0. The Morgan fingerprint density at radius 2 is 1.77 bits per heavy atom. The molecule has 0 unspecified atom stereocenters. The van der Waals surface area contributed by atoms with Gasteiger partial charge in [0.1, 0.15) is 0 Å². The van der Waals surface area contributed by atoms with E-state index in [9.17, 15) is 0 Å². The van der Waals surface area contributed by atoms with Gasteiger partial charge in [0.25, 0.3) is 0 Å². The Morgan fingerprint density at radius 3 is 2.50 bits per heavy atom. The Balaban J connectivity index is 1.97. The average Bonchev–Trinajstić information content (AvgIpc) is 3.04. The summed E-state index contributed by atoms with van der Waals surface area (Å²) in [5.41, 5.74) is 8.15. The van der Waals surface area contributed by atoms with E-state index < -0.39 is 0 Å². The maximum Gasteiger partial charge on any atom is 0.226 e. The molecule has 5 nitrogen and oxygen atoms in total. The monoisotopic (exact) mass is 296 g/mol. The number of rotatable bonds is 4. The molecule has 112 valence electrons. The third-order valence-electron chi connectivity index (χ3n) is 3.31. The van der Waals surface area contributed by atoms with Crippen molar-refractivity contribution in [2.75, 3.05) is 20.0 Å². The highest BCUT2D eigenvalue weighted by molar-refractivity contribution is 5.65. The van der Waals surface area contributed by atoms with Crippen molar-refractivity contribution < 1.29 is 13.9 Å². The fourth-order valence-corrected chi connectivity index (χ4v) is 2.20. The van der Waals surface area contributed by atoms with Gasteiger partial charge in [0.15, 0.2) is 17.3 Å². The van der Waals surface area contributed by atoms with Gasteiger partial charge < -0.3 is 19.6 Å². The molecular weight excluding hydrogens is 280 g/mol. The Bertz CT molecular complexity index is 796. The lowest BCUT2D eigenvalue weighted by Gasteiger charge is -2.08. The zero-order valence-electron chi connectivity index (χ0n) is 12.4. The van der Waals surface area contributed by atoms with Gasteiger partial charge in [0.2, 0.25) is 5.89 Å². The maximum absolute atomic E-state index is 5.82. The number of hydrogen-bond acceptors (Lipinski definition) is 5. The summed E-state index contributed by atoms with van der Waals surface area (Å²) in [7, 11) is 3.20. The first-order valence-electron chi connectivity index (χ1n) is 6.75. The van der Waals surface area contributed by atoms with Crippen LogP contribution in [0.4, 0.5) is 5.69 Å². The Kier molecular flexibility index (Phi) is 3.70. The van der Waals surface area contributed by atoms with Crippen molar-refractivity contribution in [2.24, 2.45) is 0 Å². The van der Waals surface area contributed by atoms with Crippen LogP contribution in [-0.4, -0.2) is 19.2 Å². The Morgan fingerprint density at radius 1 is 0.955 bits per heavy atom. The second kappa shape index (κ2) is 5.81. The standard InChI is InChI=1S/C17H16N2O3/c1-20-14-7-6-11(9-15(14)21-2)16-10-19-17(22-16)12-4-3-5-13(18)8-12/h3-10H,18H2,1-2H3. The molecule has 0 aliphatic carbocycles. The molecule has 0 spiro atoms. The molecule has 2 aromatic carbocycles. The smallest absolute Gasteiger partial charge is 0.226 e. The van der Waals surface area contributed by atoms with Crippen molar-refractivity contribution in [3.8, 4) is 34.3 Å². The number of aromatic nitrogens is 1. The molecule has 0 atom stereocenters. The first kappa shape index (κ1) is 14.0. The fourth-order valence-electron chi connectivity index (χ4n) is 2.20. The molecule has 0 saturated heterocycles. The van der Waals surface area contributed by atoms with Gasteiger partial charge in [-0.3, -0.25) is 0 Å². The Hall–Kier alpha value is -2.95. The van der Waals surface area contributed by atoms with E-state index >= 15 is 0 Å². The summed E-state index contributed by atoms with van der Waals surface area (Å²) < 4.78 is 16.4. The largest absolute Gasteiger partial charge is 0.493 e. The fraction of sp³-hybridized carbons (Fsp3) is 0.118. The topological polar surface area (TPSA) is 70.5 Å². The van der Waals surface area contributed by atoms with Gasteiger partial charge >= 0.3 is 0 Å². The lowest BCUT2D eigenvalue weighted by atomic mass is 10.1. The maximum atomic E-state index is 5.82. The van der Waals surface area contributed by atoms with Gasteiger partial charge in [-0.2, -0.15) is 0 Å². The third kappa shape index (κ3) is 2.61. The number of nitrogens with zero attached hydrogens (tertiary/aromatic N) is 1. The van der Waals surface area contributed by atoms with E-state index in [1.807, 2.05) is 42.5 Å². The van der Waals surface area contributed by atoms with Crippen molar-refractivity contribution in [2.45, 2.75) is 0 Å². The van der Waals surface area contributed by atoms with Gasteiger partial charge in [0, 0.05) is 16.8 Å². The van der Waals surface area contributed by atoms with Crippen molar-refractivity contribution in [1.82, 2.24) is 4.98 Å². The number of benzene rings is 2. The first-order valence-corrected chi connectivity index (χ1v) is 6.75. The number of nitrogen functional groups attached to an aromatic ring is 1. The zero-order chi connectivity index (χ0) is 15.5. The van der Waals surface area contributed by atoms with Gasteiger partial charge in [-0.05, 0) is 36.4 Å². The van der Waals surface area contributed by atoms with Gasteiger partial charge in [-0.25, -0.2) is 4.98 Å². The molecule has 1 heterocycles. The van der Waals surface area contributed by atoms with Crippen molar-refractivity contribution >= 4 is 5.69 Å². The summed E-state index contributed by atoms with van der Waals surface area (Å²) in [4.78, 5) is 4.31. The van der Waals surface area contributed by atoms with Crippen LogP contribution in [-0.2, 0) is 0 Å². The van der Waals surface area contributed by atoms with Crippen LogP contribution in [0, 0.1) is 0 Å². The van der Waals surface area contributed by atoms with E-state index in [1.165, 1.54) is 0 Å². The summed E-state index contributed by atoms with van der Waals surface area (Å²) in [6.45, 7) is 0. The highest BCUT2D eigenvalue weighted by Gasteiger charge is 2.11. The van der Waals surface area contributed by atoms with E-state index in [4.69, 9.17) is 19.6 Å². The predicted octanol–water partition coefficient (Wildman–Crippen LogP) is 3.61. The molecule has 2 N–H and O–H groups in total. The molecule has 0 bridgehead atoms. The molecule has 3 rings (SSSR count). The number of anilines is 1. The molecule has 0 aliphatic rings. The molecular formula is C17H16N2O3. The summed E-state index contributed by atoms with van der Waals surface area (Å²) in [6, 6.07) is 13.0. The van der Waals surface area contributed by atoms with Crippen LogP contribution in [0.15, 0.2) is 53.1 Å². The van der Waals surface area contributed by atoms with Crippen LogP contribution in [0.5, 0.6) is 11.5 Å². The van der Waals surface area contributed by atoms with Crippen LogP contribution in [0.1, 0.15) is 0 Å². The van der Waals surface area contributed by atoms with E-state index in [1.54, 1.807) is 20.4 Å². The molecule has 0 aliphatic heterocycles. The Labute approximate surface area is 128 Å². The second-order valence-corrected chi connectivity index (χ2v) is 4.72. The lowest BCUT2D eigenvalue weighted by molar-refractivity contribution is 0.355. The second-order valence-electron chi connectivity index (χ2n) is 4.72. The molecule has 22 heavy (non-hydrogen) atoms. The normalized spacial score (nSPS) is 10.5. The SMILES string of the molecule is COc1ccc(-c2cnc(-c3cccc(N)c3)o2)cc1OC. The van der Waals surface area contributed by atoms with Crippen molar-refractivity contribution in [1.29, 1.82) is 0 Å². The highest BCUT2D eigenvalue weighted by Crippen LogP contribution is 2.33. The summed E-state index contributed by atoms with van der Waals surface area (Å²) >= 11 is 0. The predicted molar refractivity (Wildman–Crippen MR) is 84.9 cm³/mol. The van der Waals surface area contributed by atoms with Crippen LogP contribution < -0.4 is 15.2 Å². The quantitative estimate of drug-likeness (QED) is 0.745. The van der Waals surface area contributed by atoms with E-state index in [-0.39, 0.29) is 0 Å². The van der Waals surface area contributed by atoms with Crippen molar-refractivity contribution in [3.63, 3.8) is 0 Å². The molecule has 1 aromatic heterocycles. The molecule has 0 radical (unpaired) electrons. The van der Waals surface area contributed by atoms with Crippen molar-refractivity contribution in [3.05, 3.63) is 48.7 Å². The lowest BCUT2D eigenvalue weighted by Crippen LogP contribution is -1.90. The highest BCUT2D eigenvalue weighted by atomic mass is 16.5. The van der Waals surface area contributed by atoms with E-state index in [0.717, 1.165) is 11.1 Å². The van der Waals surface area contributed by atoms with E-state index in [2.05, 4.69) is 4.98 Å². The zero-order valence-corrected chi connectivity index (χ0v) is 12.4. The number of ether oxygens (including phenoxy) is 2. The van der Waals surface area contributed by atoms with Gasteiger partial charge in [-0.15, -0.1) is 0 Å². The van der Waals surface area contributed by atoms with Crippen LogP contribution in [0.3, 0.4) is 0 Å². The number of oxazole rings is 1. The molecule has 0 saturated carbocycles. The molecule has 0 fully saturated rings. The van der Waals surface area contributed by atoms with Gasteiger partial charge in [-0.1, -0.05) is 6.07 Å². The number of nitrogens with two attached hydrogens (primary N) is 1. The summed E-state index contributed by atoms with van der Waals surface area (Å²) in [5.74, 6) is 2.49. The molecule has 5 heteroatoms. The minimum absolute atomic E-state index is 0.525. The van der Waals surface area contributed by atoms with Gasteiger partial charge in [0.05, 0.1) is 20.4 Å². The van der Waals surface area contributed by atoms with E-state index in [0.29, 0.717) is 28.8 Å². The number of hydrogen-bond donors (Lipinski definition) is 1. The van der Waals surface area contributed by atoms with Crippen LogP contribution in [0.25, 0.3) is 22.8 Å². The third-order valence-corrected chi connectivity index (χ3v) is 3.31. The first-order chi connectivity index (χ1) is 10.7. The number of methoxy groups -OCH3 is 2. The van der Waals surface area contributed by atoms with Crippen LogP contribution in [0.2, 0.25) is 0 Å². The minimum atomic E-state index is 0.525. The van der Waals surface area contributed by atoms with Crippen LogP contribution >= 0.6 is 0 Å². The molecule has 3 aromatic rings.